The summed E-state index contributed by atoms with van der Waals surface area (Å²) in [7, 11) is 0. The summed E-state index contributed by atoms with van der Waals surface area (Å²) >= 11 is 0. The fourth-order valence-corrected chi connectivity index (χ4v) is 5.03. The third-order valence-corrected chi connectivity index (χ3v) is 7.13. The normalized spacial score (nSPS) is 11.2. The molecule has 0 fully saturated rings. The number of phenols is 1. The maximum absolute atomic E-state index is 11.3. The Bertz CT molecular complexity index is 683. The molecule has 0 aliphatic heterocycles. The van der Waals surface area contributed by atoms with Gasteiger partial charge in [0.1, 0.15) is 0 Å². The minimum absolute atomic E-state index is 0.0497. The van der Waals surface area contributed by atoms with Gasteiger partial charge in [-0.1, -0.05) is 117 Å². The van der Waals surface area contributed by atoms with E-state index in [2.05, 4.69) is 20.8 Å². The van der Waals surface area contributed by atoms with Gasteiger partial charge in [0.05, 0.1) is 0 Å². The van der Waals surface area contributed by atoms with Gasteiger partial charge < -0.3 is 14.9 Å². The predicted molar refractivity (Wildman–Crippen MR) is 148 cm³/mol. The maximum Gasteiger partial charge on any atom is 0.511 e. The second kappa shape index (κ2) is 20.5. The van der Waals surface area contributed by atoms with Gasteiger partial charge in [-0.25, -0.2) is 4.79 Å². The van der Waals surface area contributed by atoms with Crippen LogP contribution in [0.2, 0.25) is 0 Å². The van der Waals surface area contributed by atoms with E-state index in [-0.39, 0.29) is 11.5 Å². The lowest BCUT2D eigenvalue weighted by molar-refractivity contribution is 0.142. The van der Waals surface area contributed by atoms with Gasteiger partial charge >= 0.3 is 6.16 Å². The van der Waals surface area contributed by atoms with Crippen LogP contribution in [0.5, 0.6) is 11.5 Å². The van der Waals surface area contributed by atoms with E-state index < -0.39 is 6.16 Å². The number of aromatic hydroxyl groups is 1. The highest BCUT2D eigenvalue weighted by Crippen LogP contribution is 2.38. The van der Waals surface area contributed by atoms with E-state index in [4.69, 9.17) is 4.74 Å². The zero-order chi connectivity index (χ0) is 25.7. The Hall–Kier alpha value is -1.71. The van der Waals surface area contributed by atoms with Gasteiger partial charge in [0.2, 0.25) is 0 Å². The van der Waals surface area contributed by atoms with Crippen molar-refractivity contribution in [3.63, 3.8) is 0 Å². The number of benzene rings is 1. The van der Waals surface area contributed by atoms with E-state index in [0.29, 0.717) is 0 Å². The lowest BCUT2D eigenvalue weighted by Gasteiger charge is -2.19. The summed E-state index contributed by atoms with van der Waals surface area (Å²) in [5.74, 6) is 0.166. The van der Waals surface area contributed by atoms with Crippen LogP contribution >= 0.6 is 0 Å². The molecular weight excluding hydrogens is 436 g/mol. The number of rotatable bonds is 22. The molecule has 0 heterocycles. The average Bonchev–Trinajstić information content (AvgIpc) is 2.83. The highest BCUT2D eigenvalue weighted by Gasteiger charge is 2.20. The first-order chi connectivity index (χ1) is 17.0. The molecule has 0 unspecified atom stereocenters. The number of unbranched alkanes of at least 4 members (excludes halogenated alkanes) is 15. The minimum Gasteiger partial charge on any atom is -0.504 e. The molecule has 0 bridgehead atoms. The Labute approximate surface area is 215 Å². The number of hydrogen-bond donors (Lipinski definition) is 2. The van der Waals surface area contributed by atoms with Crippen molar-refractivity contribution in [2.45, 2.75) is 156 Å². The number of aryl methyl sites for hydroxylation is 1. The molecular formula is C31H54O4. The van der Waals surface area contributed by atoms with Crippen molar-refractivity contribution in [2.24, 2.45) is 0 Å². The van der Waals surface area contributed by atoms with E-state index in [1.165, 1.54) is 101 Å². The van der Waals surface area contributed by atoms with Crippen molar-refractivity contribution >= 4 is 6.16 Å². The largest absolute Gasteiger partial charge is 0.511 e. The van der Waals surface area contributed by atoms with Crippen molar-refractivity contribution in [3.05, 3.63) is 22.8 Å². The number of phenolic OH excluding ortho intramolecular Hbond substituents is 1. The van der Waals surface area contributed by atoms with E-state index in [1.54, 1.807) is 0 Å². The van der Waals surface area contributed by atoms with E-state index in [0.717, 1.165) is 50.5 Å². The Morgan fingerprint density at radius 1 is 0.629 bits per heavy atom. The van der Waals surface area contributed by atoms with Crippen LogP contribution in [0.3, 0.4) is 0 Å². The highest BCUT2D eigenvalue weighted by molar-refractivity contribution is 5.65. The summed E-state index contributed by atoms with van der Waals surface area (Å²) in [5.41, 5.74) is 3.38. The van der Waals surface area contributed by atoms with E-state index in [9.17, 15) is 15.0 Å². The van der Waals surface area contributed by atoms with E-state index >= 15 is 0 Å². The third kappa shape index (κ3) is 13.8. The summed E-state index contributed by atoms with van der Waals surface area (Å²) in [6.07, 6.45) is 23.3. The van der Waals surface area contributed by atoms with Crippen LogP contribution in [-0.2, 0) is 19.3 Å². The second-order valence-electron chi connectivity index (χ2n) is 10.3. The third-order valence-electron chi connectivity index (χ3n) is 7.13. The molecule has 0 aromatic heterocycles. The molecule has 4 nitrogen and oxygen atoms in total. The Kier molecular flexibility index (Phi) is 18.3. The van der Waals surface area contributed by atoms with Gasteiger partial charge in [0.25, 0.3) is 0 Å². The van der Waals surface area contributed by atoms with Crippen LogP contribution in [-0.4, -0.2) is 16.4 Å². The summed E-state index contributed by atoms with van der Waals surface area (Å²) in [6, 6.07) is 1.81. The van der Waals surface area contributed by atoms with Gasteiger partial charge in [-0.2, -0.15) is 0 Å². The smallest absolute Gasteiger partial charge is 0.504 e. The number of carbonyl (C=O) groups is 1. The van der Waals surface area contributed by atoms with Crippen molar-refractivity contribution in [3.8, 4) is 11.5 Å². The van der Waals surface area contributed by atoms with E-state index in [1.807, 2.05) is 6.07 Å². The van der Waals surface area contributed by atoms with Gasteiger partial charge in [-0.3, -0.25) is 0 Å². The van der Waals surface area contributed by atoms with Crippen LogP contribution in [0, 0.1) is 0 Å². The summed E-state index contributed by atoms with van der Waals surface area (Å²) < 4.78 is 5.04. The topological polar surface area (TPSA) is 66.8 Å². The molecule has 0 aliphatic rings. The van der Waals surface area contributed by atoms with Crippen LogP contribution in [0.25, 0.3) is 0 Å². The molecule has 1 rings (SSSR count). The fourth-order valence-electron chi connectivity index (χ4n) is 5.03. The van der Waals surface area contributed by atoms with Gasteiger partial charge in [-0.05, 0) is 55.7 Å². The molecule has 1 aromatic rings. The summed E-state index contributed by atoms with van der Waals surface area (Å²) in [5, 5.41) is 20.3. The molecule has 2 N–H and O–H groups in total. The standard InChI is InChI=1S/C31H54O4/c1-4-7-10-13-16-19-22-26-25-29(35-31(33)34)30(32)28(24-21-18-15-12-9-6-3)27(26)23-20-17-14-11-8-5-2/h25,32H,4-24H2,1-3H3,(H,33,34). The van der Waals surface area contributed by atoms with Crippen LogP contribution in [0.1, 0.15) is 153 Å². The first-order valence-electron chi connectivity index (χ1n) is 14.8. The van der Waals surface area contributed by atoms with Gasteiger partial charge in [0, 0.05) is 5.56 Å². The molecule has 0 radical (unpaired) electrons. The van der Waals surface area contributed by atoms with Crippen molar-refractivity contribution in [2.75, 3.05) is 0 Å². The number of hydrogen-bond acceptors (Lipinski definition) is 3. The Balaban J connectivity index is 3.01. The molecule has 0 aliphatic carbocycles. The molecule has 0 saturated heterocycles. The quantitative estimate of drug-likeness (QED) is 0.0963. The number of ether oxygens (including phenoxy) is 1. The lowest BCUT2D eigenvalue weighted by Crippen LogP contribution is -2.08. The van der Waals surface area contributed by atoms with Crippen LogP contribution < -0.4 is 4.74 Å². The second-order valence-corrected chi connectivity index (χ2v) is 10.3. The monoisotopic (exact) mass is 490 g/mol. The first kappa shape index (κ1) is 31.3. The fraction of sp³-hybridized carbons (Fsp3) is 0.774. The van der Waals surface area contributed by atoms with Gasteiger partial charge in [0.15, 0.2) is 11.5 Å². The predicted octanol–water partition coefficient (Wildman–Crippen LogP) is 10.2. The molecule has 0 spiro atoms. The lowest BCUT2D eigenvalue weighted by atomic mass is 9.89. The average molecular weight is 491 g/mol. The zero-order valence-electron chi connectivity index (χ0n) is 23.1. The summed E-state index contributed by atoms with van der Waals surface area (Å²) in [6.45, 7) is 6.71. The zero-order valence-corrected chi connectivity index (χ0v) is 23.1. The molecule has 35 heavy (non-hydrogen) atoms. The van der Waals surface area contributed by atoms with Crippen molar-refractivity contribution in [1.29, 1.82) is 0 Å². The van der Waals surface area contributed by atoms with Crippen molar-refractivity contribution < 1.29 is 19.7 Å². The Morgan fingerprint density at radius 3 is 1.49 bits per heavy atom. The Morgan fingerprint density at radius 2 is 1.03 bits per heavy atom. The molecule has 1 aromatic carbocycles. The molecule has 0 saturated carbocycles. The first-order valence-corrected chi connectivity index (χ1v) is 14.8. The maximum atomic E-state index is 11.3. The molecule has 0 amide bonds. The highest BCUT2D eigenvalue weighted by atomic mass is 16.7. The molecule has 202 valence electrons. The summed E-state index contributed by atoms with van der Waals surface area (Å²) in [4.78, 5) is 11.3. The molecule has 4 heteroatoms. The van der Waals surface area contributed by atoms with Crippen LogP contribution in [0.15, 0.2) is 6.07 Å². The SMILES string of the molecule is CCCCCCCCc1cc(OC(=O)O)c(O)c(CCCCCCCC)c1CCCCCCCC. The van der Waals surface area contributed by atoms with Crippen LogP contribution in [0.4, 0.5) is 4.79 Å². The minimum atomic E-state index is -1.36. The van der Waals surface area contributed by atoms with Gasteiger partial charge in [-0.15, -0.1) is 0 Å². The molecule has 0 atom stereocenters. The van der Waals surface area contributed by atoms with Crippen molar-refractivity contribution in [1.82, 2.24) is 0 Å². The number of carboxylic acid groups (broad SMARTS) is 1.